The SMILES string of the molecule is CCCCCCCCCCCCCCCCCCCCCCCCCCCCCCCCCCCCCCC(=O)OC(COC(=O)CCCCCCCCCCCCCCCCCCCCCCCCCCCCCCCCC)COP(=O)([O-])OCC[N+](C)(C)C. The highest BCUT2D eigenvalue weighted by Crippen LogP contribution is 2.38. The molecule has 0 aromatic carbocycles. The van der Waals surface area contributed by atoms with Gasteiger partial charge in [0.15, 0.2) is 6.10 Å². The highest BCUT2D eigenvalue weighted by atomic mass is 31.2. The maximum Gasteiger partial charge on any atom is 0.306 e. The molecule has 544 valence electrons. The highest BCUT2D eigenvalue weighted by Gasteiger charge is 2.22. The molecule has 2 atom stereocenters. The molecule has 2 unspecified atom stereocenters. The fraction of sp³-hybridized carbons (Fsp3) is 0.975. The Balaban J connectivity index is 3.87. The number of ether oxygens (including phenoxy) is 2. The van der Waals surface area contributed by atoms with Crippen molar-refractivity contribution in [2.24, 2.45) is 0 Å². The van der Waals surface area contributed by atoms with Gasteiger partial charge in [-0.05, 0) is 12.8 Å². The predicted octanol–water partition coefficient (Wildman–Crippen LogP) is 26.6. The lowest BCUT2D eigenvalue weighted by Crippen LogP contribution is -2.37. The summed E-state index contributed by atoms with van der Waals surface area (Å²) >= 11 is 0. The first kappa shape index (κ1) is 90.0. The van der Waals surface area contributed by atoms with Crippen LogP contribution in [0.5, 0.6) is 0 Å². The maximum atomic E-state index is 12.9. The minimum Gasteiger partial charge on any atom is -0.756 e. The number of carbonyl (C=O) groups is 2. The average Bonchev–Trinajstić information content (AvgIpc) is 3.21. The zero-order valence-electron chi connectivity index (χ0n) is 62.4. The third-order valence-corrected chi connectivity index (χ3v) is 20.3. The van der Waals surface area contributed by atoms with Crippen LogP contribution in [0.4, 0.5) is 0 Å². The molecule has 0 heterocycles. The van der Waals surface area contributed by atoms with Gasteiger partial charge in [-0.15, -0.1) is 0 Å². The van der Waals surface area contributed by atoms with Gasteiger partial charge >= 0.3 is 11.9 Å². The van der Waals surface area contributed by atoms with Crippen LogP contribution in [-0.4, -0.2) is 70.0 Å². The van der Waals surface area contributed by atoms with Crippen molar-refractivity contribution in [3.05, 3.63) is 0 Å². The summed E-state index contributed by atoms with van der Waals surface area (Å²) in [5, 5.41) is 0. The smallest absolute Gasteiger partial charge is 0.306 e. The van der Waals surface area contributed by atoms with Crippen molar-refractivity contribution in [2.75, 3.05) is 47.5 Å². The Kier molecular flexibility index (Phi) is 72.5. The lowest BCUT2D eigenvalue weighted by molar-refractivity contribution is -0.870. The lowest BCUT2D eigenvalue weighted by atomic mass is 10.0. The van der Waals surface area contributed by atoms with Crippen molar-refractivity contribution in [1.82, 2.24) is 0 Å². The second-order valence-corrected chi connectivity index (χ2v) is 31.3. The molecule has 0 bridgehead atoms. The van der Waals surface area contributed by atoms with Crippen LogP contribution in [-0.2, 0) is 32.7 Å². The molecule has 0 amide bonds. The molecular weight excluding hydrogens is 1150 g/mol. The van der Waals surface area contributed by atoms with E-state index in [9.17, 15) is 19.0 Å². The number of rotatable bonds is 79. The first-order valence-corrected chi connectivity index (χ1v) is 42.7. The van der Waals surface area contributed by atoms with Gasteiger partial charge in [0.2, 0.25) is 0 Å². The fourth-order valence-electron chi connectivity index (χ4n) is 13.1. The zero-order valence-corrected chi connectivity index (χ0v) is 63.3. The van der Waals surface area contributed by atoms with Gasteiger partial charge in [0.05, 0.1) is 27.7 Å². The highest BCUT2D eigenvalue weighted by molar-refractivity contribution is 7.45. The number of unbranched alkanes of at least 4 members (excludes halogenated alkanes) is 65. The van der Waals surface area contributed by atoms with E-state index < -0.39 is 26.5 Å². The van der Waals surface area contributed by atoms with Crippen molar-refractivity contribution >= 4 is 19.8 Å². The van der Waals surface area contributed by atoms with Crippen LogP contribution in [0.15, 0.2) is 0 Å². The summed E-state index contributed by atoms with van der Waals surface area (Å²) in [4.78, 5) is 38.2. The van der Waals surface area contributed by atoms with Gasteiger partial charge in [0.25, 0.3) is 7.82 Å². The van der Waals surface area contributed by atoms with Crippen LogP contribution in [0.2, 0.25) is 0 Å². The van der Waals surface area contributed by atoms with E-state index in [-0.39, 0.29) is 32.0 Å². The predicted molar refractivity (Wildman–Crippen MR) is 393 cm³/mol. The lowest BCUT2D eigenvalue weighted by Gasteiger charge is -2.28. The molecule has 0 rings (SSSR count). The molecule has 0 radical (unpaired) electrons. The molecule has 0 fully saturated rings. The Hall–Kier alpha value is -0.990. The van der Waals surface area contributed by atoms with E-state index in [4.69, 9.17) is 18.5 Å². The van der Waals surface area contributed by atoms with Crippen molar-refractivity contribution in [1.29, 1.82) is 0 Å². The number of carbonyl (C=O) groups excluding carboxylic acids is 2. The summed E-state index contributed by atoms with van der Waals surface area (Å²) in [6.07, 6.45) is 91.1. The minimum atomic E-state index is -4.64. The number of quaternary nitrogens is 1. The normalized spacial score (nSPS) is 12.9. The quantitative estimate of drug-likeness (QED) is 0.0256. The summed E-state index contributed by atoms with van der Waals surface area (Å²) in [6.45, 7) is 4.35. The fourth-order valence-corrected chi connectivity index (χ4v) is 13.8. The van der Waals surface area contributed by atoms with E-state index in [2.05, 4.69) is 13.8 Å². The van der Waals surface area contributed by atoms with Crippen LogP contribution in [0.3, 0.4) is 0 Å². The van der Waals surface area contributed by atoms with Crippen molar-refractivity contribution in [3.63, 3.8) is 0 Å². The van der Waals surface area contributed by atoms with Crippen LogP contribution < -0.4 is 4.89 Å². The molecule has 0 spiro atoms. The number of esters is 2. The molecule has 0 aromatic heterocycles. The number of likely N-dealkylation sites (N-methyl/N-ethyl adjacent to an activating group) is 1. The molecule has 0 aliphatic carbocycles. The average molecular weight is 1310 g/mol. The minimum absolute atomic E-state index is 0.0246. The number of hydrogen-bond donors (Lipinski definition) is 0. The third kappa shape index (κ3) is 77.9. The summed E-state index contributed by atoms with van der Waals surface area (Å²) in [6, 6.07) is 0. The van der Waals surface area contributed by atoms with Gasteiger partial charge in [-0.25, -0.2) is 0 Å². The Morgan fingerprint density at radius 3 is 0.703 bits per heavy atom. The van der Waals surface area contributed by atoms with Gasteiger partial charge in [-0.3, -0.25) is 14.2 Å². The third-order valence-electron chi connectivity index (χ3n) is 19.4. The Bertz CT molecular complexity index is 1490. The number of hydrogen-bond acceptors (Lipinski definition) is 8. The molecular formula is C81H162NO8P. The largest absolute Gasteiger partial charge is 0.756 e. The number of phosphoric acid groups is 1. The molecule has 0 N–H and O–H groups in total. The topological polar surface area (TPSA) is 111 Å². The van der Waals surface area contributed by atoms with Gasteiger partial charge in [-0.2, -0.15) is 0 Å². The van der Waals surface area contributed by atoms with E-state index in [1.165, 1.54) is 392 Å². The molecule has 0 aliphatic heterocycles. The molecule has 0 saturated carbocycles. The van der Waals surface area contributed by atoms with Gasteiger partial charge in [0, 0.05) is 12.8 Å². The summed E-state index contributed by atoms with van der Waals surface area (Å²) in [7, 11) is 1.20. The Labute approximate surface area is 569 Å². The second-order valence-electron chi connectivity index (χ2n) is 29.9. The first-order chi connectivity index (χ1) is 44.5. The Morgan fingerprint density at radius 1 is 0.297 bits per heavy atom. The van der Waals surface area contributed by atoms with Crippen LogP contribution in [0, 0.1) is 0 Å². The maximum absolute atomic E-state index is 12.9. The Morgan fingerprint density at radius 2 is 0.495 bits per heavy atom. The van der Waals surface area contributed by atoms with E-state index >= 15 is 0 Å². The summed E-state index contributed by atoms with van der Waals surface area (Å²) in [5.41, 5.74) is 0. The van der Waals surface area contributed by atoms with E-state index in [1.54, 1.807) is 0 Å². The molecule has 10 heteroatoms. The van der Waals surface area contributed by atoms with Crippen molar-refractivity contribution < 1.29 is 42.1 Å². The van der Waals surface area contributed by atoms with E-state index in [1.807, 2.05) is 21.1 Å². The molecule has 0 aromatic rings. The molecule has 9 nitrogen and oxygen atoms in total. The number of phosphoric ester groups is 1. The van der Waals surface area contributed by atoms with E-state index in [0.29, 0.717) is 17.4 Å². The van der Waals surface area contributed by atoms with Crippen LogP contribution in [0.25, 0.3) is 0 Å². The van der Waals surface area contributed by atoms with Gasteiger partial charge in [0.1, 0.15) is 19.8 Å². The van der Waals surface area contributed by atoms with E-state index in [0.717, 1.165) is 32.1 Å². The van der Waals surface area contributed by atoms with Crippen molar-refractivity contribution in [2.45, 2.75) is 463 Å². The van der Waals surface area contributed by atoms with Crippen LogP contribution in [0.1, 0.15) is 457 Å². The molecule has 0 aliphatic rings. The summed E-state index contributed by atoms with van der Waals surface area (Å²) in [5.74, 6) is -0.800. The first-order valence-electron chi connectivity index (χ1n) is 41.2. The monoisotopic (exact) mass is 1310 g/mol. The molecule has 91 heavy (non-hydrogen) atoms. The number of nitrogens with zero attached hydrogens (tertiary/aromatic N) is 1. The summed E-state index contributed by atoms with van der Waals surface area (Å²) < 4.78 is 34.4. The van der Waals surface area contributed by atoms with Crippen LogP contribution >= 0.6 is 7.82 Å². The standard InChI is InChI=1S/C81H162NO8P/c1-6-8-10-12-14-16-18-20-22-24-26-28-30-32-34-36-38-39-40-41-42-44-46-48-50-52-54-56-58-60-62-64-66-68-70-72-74-81(84)90-79(78-89-91(85,86)88-76-75-82(3,4)5)77-87-80(83)73-71-69-67-65-63-61-59-57-55-53-51-49-47-45-43-37-35-33-31-29-27-25-23-21-19-17-15-13-11-9-7-2/h79H,6-78H2,1-5H3. The van der Waals surface area contributed by atoms with Gasteiger partial charge in [-0.1, -0.05) is 431 Å². The van der Waals surface area contributed by atoms with Crippen molar-refractivity contribution in [3.8, 4) is 0 Å². The zero-order chi connectivity index (χ0) is 66.2. The van der Waals surface area contributed by atoms with Gasteiger partial charge < -0.3 is 27.9 Å². The second kappa shape index (κ2) is 73.3. The molecule has 0 saturated heterocycles.